The second-order valence-electron chi connectivity index (χ2n) is 5.79. The molecule has 3 aromatic rings. The first-order chi connectivity index (χ1) is 12.5. The number of nitrogens with one attached hydrogen (secondary N) is 1. The fraction of sp³-hybridized carbons (Fsp3) is 0.100. The highest BCUT2D eigenvalue weighted by Crippen LogP contribution is 2.21. The third-order valence-electron chi connectivity index (χ3n) is 4.06. The summed E-state index contributed by atoms with van der Waals surface area (Å²) in [5.74, 6) is -0.956. The Morgan fingerprint density at radius 2 is 2.00 bits per heavy atom. The molecule has 0 aliphatic heterocycles. The maximum atomic E-state index is 14.1. The molecule has 1 heterocycles. The minimum Gasteiger partial charge on any atom is -0.320 e. The molecule has 4 nitrogen and oxygen atoms in total. The average Bonchev–Trinajstić information content (AvgIpc) is 2.95. The summed E-state index contributed by atoms with van der Waals surface area (Å²) in [7, 11) is 0. The molecule has 0 saturated heterocycles. The number of benzene rings is 2. The van der Waals surface area contributed by atoms with Crippen LogP contribution in [0.3, 0.4) is 0 Å². The second-order valence-corrected chi connectivity index (χ2v) is 6.20. The Morgan fingerprint density at radius 3 is 2.69 bits per heavy atom. The van der Waals surface area contributed by atoms with E-state index in [2.05, 4.69) is 10.3 Å². The second kappa shape index (κ2) is 7.54. The lowest BCUT2D eigenvalue weighted by atomic mass is 10.2. The Kier molecular flexibility index (Phi) is 5.19. The van der Waals surface area contributed by atoms with Crippen molar-refractivity contribution in [3.63, 3.8) is 0 Å². The summed E-state index contributed by atoms with van der Waals surface area (Å²) < 4.78 is 15.9. The minimum absolute atomic E-state index is 0.0991. The van der Waals surface area contributed by atoms with Crippen molar-refractivity contribution in [3.05, 3.63) is 82.7 Å². The lowest BCUT2D eigenvalue weighted by Gasteiger charge is -2.10. The average molecular weight is 370 g/mol. The molecule has 0 aliphatic carbocycles. The van der Waals surface area contributed by atoms with Crippen molar-refractivity contribution in [2.24, 2.45) is 0 Å². The number of hydrogen-bond acceptors (Lipinski definition) is 2. The lowest BCUT2D eigenvalue weighted by Crippen LogP contribution is -2.10. The van der Waals surface area contributed by atoms with Crippen LogP contribution in [0, 0.1) is 19.7 Å². The van der Waals surface area contributed by atoms with Gasteiger partial charge in [0.1, 0.15) is 5.82 Å². The summed E-state index contributed by atoms with van der Waals surface area (Å²) in [5, 5.41) is 3.10. The molecule has 3 rings (SSSR count). The molecule has 1 amide bonds. The van der Waals surface area contributed by atoms with Crippen LogP contribution in [0.2, 0.25) is 5.02 Å². The van der Waals surface area contributed by atoms with Gasteiger partial charge in [-0.15, -0.1) is 0 Å². The molecule has 0 saturated carbocycles. The zero-order valence-electron chi connectivity index (χ0n) is 14.3. The van der Waals surface area contributed by atoms with Crippen LogP contribution in [0.4, 0.5) is 10.1 Å². The van der Waals surface area contributed by atoms with Crippen LogP contribution >= 0.6 is 11.6 Å². The van der Waals surface area contributed by atoms with Crippen molar-refractivity contribution in [2.75, 3.05) is 5.32 Å². The van der Waals surface area contributed by atoms with E-state index < -0.39 is 11.7 Å². The van der Waals surface area contributed by atoms with E-state index in [0.717, 1.165) is 17.1 Å². The Bertz CT molecular complexity index is 994. The van der Waals surface area contributed by atoms with Gasteiger partial charge in [0.15, 0.2) is 0 Å². The number of imidazole rings is 1. The van der Waals surface area contributed by atoms with Crippen LogP contribution in [0.1, 0.15) is 17.0 Å². The number of anilines is 1. The van der Waals surface area contributed by atoms with Crippen LogP contribution in [0.15, 0.2) is 54.9 Å². The van der Waals surface area contributed by atoms with Gasteiger partial charge in [-0.05, 0) is 49.8 Å². The first kappa shape index (κ1) is 17.9. The van der Waals surface area contributed by atoms with E-state index in [1.165, 1.54) is 12.1 Å². The van der Waals surface area contributed by atoms with Gasteiger partial charge in [-0.1, -0.05) is 29.8 Å². The maximum absolute atomic E-state index is 14.1. The predicted molar refractivity (Wildman–Crippen MR) is 102 cm³/mol. The normalized spacial score (nSPS) is 11.1. The zero-order chi connectivity index (χ0) is 18.7. The van der Waals surface area contributed by atoms with Crippen molar-refractivity contribution in [1.29, 1.82) is 0 Å². The van der Waals surface area contributed by atoms with Gasteiger partial charge in [-0.2, -0.15) is 0 Å². The van der Waals surface area contributed by atoms with Crippen LogP contribution in [0.25, 0.3) is 11.8 Å². The summed E-state index contributed by atoms with van der Waals surface area (Å²) >= 11 is 6.05. The first-order valence-corrected chi connectivity index (χ1v) is 8.37. The highest BCUT2D eigenvalue weighted by atomic mass is 35.5. The number of rotatable bonds is 4. The standard InChI is InChI=1S/C20H17ClFN3O/c1-13-14(2)25(12-23-13)16-8-9-18(22)19(11-16)24-20(26)10-7-15-5-3-4-6-17(15)21/h3-12H,1-2H3,(H,24,26). The number of hydrogen-bond donors (Lipinski definition) is 1. The number of carbonyl (C=O) groups excluding carboxylic acids is 1. The molecule has 0 atom stereocenters. The fourth-order valence-corrected chi connectivity index (χ4v) is 2.67. The largest absolute Gasteiger partial charge is 0.320 e. The van der Waals surface area contributed by atoms with Crippen LogP contribution in [-0.4, -0.2) is 15.5 Å². The SMILES string of the molecule is Cc1ncn(-c2ccc(F)c(NC(=O)C=Cc3ccccc3Cl)c2)c1C. The smallest absolute Gasteiger partial charge is 0.248 e. The number of amides is 1. The van der Waals surface area contributed by atoms with Crippen molar-refractivity contribution >= 4 is 29.3 Å². The number of nitrogens with zero attached hydrogens (tertiary/aromatic N) is 2. The molecule has 0 unspecified atom stereocenters. The highest BCUT2D eigenvalue weighted by molar-refractivity contribution is 6.32. The Balaban J connectivity index is 1.81. The van der Waals surface area contributed by atoms with Crippen molar-refractivity contribution in [1.82, 2.24) is 9.55 Å². The molecular formula is C20H17ClFN3O. The molecule has 0 fully saturated rings. The van der Waals surface area contributed by atoms with E-state index in [0.29, 0.717) is 10.6 Å². The van der Waals surface area contributed by atoms with Gasteiger partial charge in [0.2, 0.25) is 5.91 Å². The number of carbonyl (C=O) groups is 1. The number of aryl methyl sites for hydroxylation is 1. The van der Waals surface area contributed by atoms with Crippen molar-refractivity contribution < 1.29 is 9.18 Å². The molecule has 1 N–H and O–H groups in total. The van der Waals surface area contributed by atoms with Crippen LogP contribution in [0.5, 0.6) is 0 Å². The molecule has 1 aromatic heterocycles. The van der Waals surface area contributed by atoms with Gasteiger partial charge in [-0.3, -0.25) is 4.79 Å². The summed E-state index contributed by atoms with van der Waals surface area (Å²) in [4.78, 5) is 16.4. The van der Waals surface area contributed by atoms with Gasteiger partial charge in [0.25, 0.3) is 0 Å². The van der Waals surface area contributed by atoms with Crippen molar-refractivity contribution in [2.45, 2.75) is 13.8 Å². The highest BCUT2D eigenvalue weighted by Gasteiger charge is 2.10. The molecular weight excluding hydrogens is 353 g/mol. The molecule has 132 valence electrons. The maximum Gasteiger partial charge on any atom is 0.248 e. The third-order valence-corrected chi connectivity index (χ3v) is 4.40. The lowest BCUT2D eigenvalue weighted by molar-refractivity contribution is -0.111. The van der Waals surface area contributed by atoms with Gasteiger partial charge in [0.05, 0.1) is 17.7 Å². The van der Waals surface area contributed by atoms with Gasteiger partial charge in [0, 0.05) is 22.5 Å². The monoisotopic (exact) mass is 369 g/mol. The molecule has 0 radical (unpaired) electrons. The molecule has 2 aromatic carbocycles. The Morgan fingerprint density at radius 1 is 1.23 bits per heavy atom. The van der Waals surface area contributed by atoms with E-state index in [-0.39, 0.29) is 5.69 Å². The summed E-state index contributed by atoms with van der Waals surface area (Å²) in [6.07, 6.45) is 4.57. The van der Waals surface area contributed by atoms with Gasteiger partial charge >= 0.3 is 0 Å². The van der Waals surface area contributed by atoms with Crippen LogP contribution in [-0.2, 0) is 4.79 Å². The van der Waals surface area contributed by atoms with E-state index in [1.807, 2.05) is 24.5 Å². The van der Waals surface area contributed by atoms with E-state index in [9.17, 15) is 9.18 Å². The topological polar surface area (TPSA) is 46.9 Å². The first-order valence-electron chi connectivity index (χ1n) is 8.00. The summed E-state index contributed by atoms with van der Waals surface area (Å²) in [6, 6.07) is 11.7. The predicted octanol–water partition coefficient (Wildman–Crippen LogP) is 4.93. The molecule has 6 heteroatoms. The van der Waals surface area contributed by atoms with E-state index in [1.54, 1.807) is 42.7 Å². The minimum atomic E-state index is -0.511. The quantitative estimate of drug-likeness (QED) is 0.662. The fourth-order valence-electron chi connectivity index (χ4n) is 2.47. The van der Waals surface area contributed by atoms with Crippen molar-refractivity contribution in [3.8, 4) is 5.69 Å². The van der Waals surface area contributed by atoms with E-state index >= 15 is 0 Å². The van der Waals surface area contributed by atoms with Crippen LogP contribution < -0.4 is 5.32 Å². The zero-order valence-corrected chi connectivity index (χ0v) is 15.1. The molecule has 0 bridgehead atoms. The summed E-state index contributed by atoms with van der Waals surface area (Å²) in [6.45, 7) is 3.83. The van der Waals surface area contributed by atoms with E-state index in [4.69, 9.17) is 11.6 Å². The van der Waals surface area contributed by atoms with Gasteiger partial charge < -0.3 is 9.88 Å². The molecule has 0 spiro atoms. The Hall–Kier alpha value is -2.92. The molecule has 26 heavy (non-hydrogen) atoms. The van der Waals surface area contributed by atoms with Gasteiger partial charge in [-0.25, -0.2) is 9.37 Å². The number of aromatic nitrogens is 2. The third kappa shape index (κ3) is 3.83. The Labute approximate surface area is 155 Å². The number of halogens is 2. The summed E-state index contributed by atoms with van der Waals surface area (Å²) in [5.41, 5.74) is 3.37. The molecule has 0 aliphatic rings.